The number of hydrogen-bond acceptors (Lipinski definition) is 4. The standard InChI is InChI=1S/C22H29N4P/c1-23-12-13-24-14-15-25-16-17-26(22(25)18-21(23)24)27(19-8-4-2-5-9-19)20-10-6-3-7-11-20/h2-11,21-22H,12-18H2,1H3. The van der Waals surface area contributed by atoms with Gasteiger partial charge in [-0.05, 0) is 17.7 Å². The molecular weight excluding hydrogens is 351 g/mol. The molecule has 3 heterocycles. The third-order valence-corrected chi connectivity index (χ3v) is 8.96. The topological polar surface area (TPSA) is 13.0 Å². The fourth-order valence-electron chi connectivity index (χ4n) is 4.96. The van der Waals surface area contributed by atoms with Crippen LogP contribution in [0.4, 0.5) is 0 Å². The van der Waals surface area contributed by atoms with Crippen molar-refractivity contribution < 1.29 is 0 Å². The van der Waals surface area contributed by atoms with Crippen molar-refractivity contribution in [3.63, 3.8) is 0 Å². The van der Waals surface area contributed by atoms with Crippen LogP contribution < -0.4 is 10.6 Å². The first kappa shape index (κ1) is 17.8. The smallest absolute Gasteiger partial charge is 0.0692 e. The first-order valence-corrected chi connectivity index (χ1v) is 11.5. The molecule has 3 fully saturated rings. The maximum Gasteiger partial charge on any atom is 0.0692 e. The maximum absolute atomic E-state index is 2.83. The highest BCUT2D eigenvalue weighted by atomic mass is 31.1. The Labute approximate surface area is 164 Å². The molecule has 2 unspecified atom stereocenters. The first-order chi connectivity index (χ1) is 13.3. The van der Waals surface area contributed by atoms with Crippen molar-refractivity contribution in [2.24, 2.45) is 0 Å². The summed E-state index contributed by atoms with van der Waals surface area (Å²) in [6.07, 6.45) is 2.38. The number of likely N-dealkylation sites (N-methyl/N-ethyl adjacent to an activating group) is 1. The van der Waals surface area contributed by atoms with E-state index >= 15 is 0 Å². The lowest BCUT2D eigenvalue weighted by Crippen LogP contribution is -2.43. The summed E-state index contributed by atoms with van der Waals surface area (Å²) in [6, 6.07) is 22.4. The number of hydrogen-bond donors (Lipinski definition) is 0. The van der Waals surface area contributed by atoms with Gasteiger partial charge >= 0.3 is 0 Å². The van der Waals surface area contributed by atoms with Crippen molar-refractivity contribution >= 4 is 18.7 Å². The molecule has 5 heteroatoms. The SMILES string of the molecule is CN1CCN2CCN3CCN(P(c4ccccc4)c4ccccc4)C3CC12. The summed E-state index contributed by atoms with van der Waals surface area (Å²) >= 11 is 0. The Morgan fingerprint density at radius 2 is 1.19 bits per heavy atom. The van der Waals surface area contributed by atoms with Crippen LogP contribution in [0, 0.1) is 0 Å². The fraction of sp³-hybridized carbons (Fsp3) is 0.455. The van der Waals surface area contributed by atoms with Gasteiger partial charge in [0.1, 0.15) is 0 Å². The lowest BCUT2D eigenvalue weighted by atomic mass is 10.2. The number of nitrogens with zero attached hydrogens (tertiary/aromatic N) is 4. The predicted molar refractivity (Wildman–Crippen MR) is 114 cm³/mol. The van der Waals surface area contributed by atoms with Crippen molar-refractivity contribution in [1.82, 2.24) is 19.4 Å². The Balaban J connectivity index is 1.50. The van der Waals surface area contributed by atoms with E-state index in [1.54, 1.807) is 0 Å². The minimum atomic E-state index is -0.485. The van der Waals surface area contributed by atoms with Crippen molar-refractivity contribution in [3.05, 3.63) is 60.7 Å². The van der Waals surface area contributed by atoms with E-state index in [4.69, 9.17) is 0 Å². The number of fused-ring (bicyclic) bond motifs is 2. The van der Waals surface area contributed by atoms with Crippen LogP contribution in [0.15, 0.2) is 60.7 Å². The van der Waals surface area contributed by atoms with E-state index in [-0.39, 0.29) is 0 Å². The van der Waals surface area contributed by atoms with Crippen LogP contribution in [0.3, 0.4) is 0 Å². The van der Waals surface area contributed by atoms with Gasteiger partial charge in [-0.15, -0.1) is 0 Å². The third-order valence-electron chi connectivity index (χ3n) is 6.41. The molecule has 0 amide bonds. The molecule has 0 aliphatic carbocycles. The second-order valence-electron chi connectivity index (χ2n) is 7.90. The molecule has 27 heavy (non-hydrogen) atoms. The van der Waals surface area contributed by atoms with Gasteiger partial charge in [-0.3, -0.25) is 19.4 Å². The molecule has 0 saturated carbocycles. The molecule has 0 aromatic heterocycles. The summed E-state index contributed by atoms with van der Waals surface area (Å²) in [7, 11) is 1.82. The Morgan fingerprint density at radius 1 is 0.667 bits per heavy atom. The Kier molecular flexibility index (Phi) is 5.02. The van der Waals surface area contributed by atoms with E-state index in [1.807, 2.05) is 0 Å². The van der Waals surface area contributed by atoms with E-state index in [9.17, 15) is 0 Å². The van der Waals surface area contributed by atoms with Crippen LogP contribution in [0.2, 0.25) is 0 Å². The third kappa shape index (κ3) is 3.35. The highest BCUT2D eigenvalue weighted by molar-refractivity contribution is 7.70. The van der Waals surface area contributed by atoms with Crippen LogP contribution in [0.25, 0.3) is 0 Å². The molecule has 0 N–H and O–H groups in total. The average Bonchev–Trinajstić information content (AvgIpc) is 3.21. The molecule has 3 aliphatic heterocycles. The lowest BCUT2D eigenvalue weighted by Gasteiger charge is -2.37. The summed E-state index contributed by atoms with van der Waals surface area (Å²) in [6.45, 7) is 7.24. The predicted octanol–water partition coefficient (Wildman–Crippen LogP) is 1.96. The molecule has 0 spiro atoms. The largest absolute Gasteiger partial charge is 0.290 e. The molecule has 4 nitrogen and oxygen atoms in total. The Hall–Kier alpha value is -1.29. The van der Waals surface area contributed by atoms with E-state index in [0.717, 1.165) is 0 Å². The van der Waals surface area contributed by atoms with E-state index in [0.29, 0.717) is 12.3 Å². The second kappa shape index (κ2) is 7.62. The van der Waals surface area contributed by atoms with Gasteiger partial charge < -0.3 is 0 Å². The van der Waals surface area contributed by atoms with Gasteiger partial charge in [-0.25, -0.2) is 0 Å². The van der Waals surface area contributed by atoms with E-state index < -0.39 is 8.07 Å². The van der Waals surface area contributed by atoms with Crippen molar-refractivity contribution in [3.8, 4) is 0 Å². The molecule has 2 aromatic carbocycles. The molecule has 3 aliphatic rings. The summed E-state index contributed by atoms with van der Waals surface area (Å²) < 4.78 is 2.83. The van der Waals surface area contributed by atoms with Gasteiger partial charge in [0.25, 0.3) is 0 Å². The van der Waals surface area contributed by atoms with Crippen LogP contribution in [0.1, 0.15) is 6.42 Å². The summed E-state index contributed by atoms with van der Waals surface area (Å²) in [5.41, 5.74) is 0. The number of benzene rings is 2. The Morgan fingerprint density at radius 3 is 1.81 bits per heavy atom. The van der Waals surface area contributed by atoms with Gasteiger partial charge in [0.15, 0.2) is 0 Å². The normalized spacial score (nSPS) is 27.6. The van der Waals surface area contributed by atoms with Gasteiger partial charge in [0.2, 0.25) is 0 Å². The highest BCUT2D eigenvalue weighted by Gasteiger charge is 2.43. The average molecular weight is 380 g/mol. The molecule has 142 valence electrons. The van der Waals surface area contributed by atoms with Gasteiger partial charge in [-0.1, -0.05) is 60.7 Å². The molecule has 2 atom stereocenters. The quantitative estimate of drug-likeness (QED) is 0.755. The number of rotatable bonds is 3. The molecule has 2 aromatic rings. The van der Waals surface area contributed by atoms with Crippen LogP contribution in [0.5, 0.6) is 0 Å². The van der Waals surface area contributed by atoms with Crippen LogP contribution in [-0.2, 0) is 0 Å². The zero-order valence-corrected chi connectivity index (χ0v) is 17.0. The van der Waals surface area contributed by atoms with Crippen molar-refractivity contribution in [2.45, 2.75) is 18.8 Å². The van der Waals surface area contributed by atoms with Gasteiger partial charge in [-0.2, -0.15) is 0 Å². The van der Waals surface area contributed by atoms with Crippen molar-refractivity contribution in [1.29, 1.82) is 0 Å². The Bertz CT molecular complexity index is 716. The van der Waals surface area contributed by atoms with Crippen LogP contribution in [-0.4, -0.2) is 78.0 Å². The van der Waals surface area contributed by atoms with Crippen LogP contribution >= 0.6 is 8.07 Å². The molecular formula is C22H29N4P. The molecule has 0 bridgehead atoms. The van der Waals surface area contributed by atoms with Gasteiger partial charge in [0.05, 0.1) is 12.3 Å². The first-order valence-electron chi connectivity index (χ1n) is 10.2. The zero-order valence-electron chi connectivity index (χ0n) is 16.1. The minimum Gasteiger partial charge on any atom is -0.290 e. The second-order valence-corrected chi connectivity index (χ2v) is 10.1. The van der Waals surface area contributed by atoms with E-state index in [1.165, 1.54) is 56.3 Å². The summed E-state index contributed by atoms with van der Waals surface area (Å²) in [4.78, 5) is 8.00. The molecule has 3 saturated heterocycles. The highest BCUT2D eigenvalue weighted by Crippen LogP contribution is 2.44. The minimum absolute atomic E-state index is 0.485. The monoisotopic (exact) mass is 380 g/mol. The van der Waals surface area contributed by atoms with Crippen molar-refractivity contribution in [2.75, 3.05) is 46.3 Å². The molecule has 5 rings (SSSR count). The van der Waals surface area contributed by atoms with E-state index in [2.05, 4.69) is 87.1 Å². The zero-order chi connectivity index (χ0) is 18.2. The maximum atomic E-state index is 2.83. The fourth-order valence-corrected chi connectivity index (χ4v) is 7.56. The van der Waals surface area contributed by atoms with Gasteiger partial charge in [0, 0.05) is 53.8 Å². The summed E-state index contributed by atoms with van der Waals surface area (Å²) in [5.74, 6) is 0. The summed E-state index contributed by atoms with van der Waals surface area (Å²) in [5, 5.41) is 2.95. The lowest BCUT2D eigenvalue weighted by molar-refractivity contribution is 0.135. The molecule has 0 radical (unpaired) electrons.